The summed E-state index contributed by atoms with van der Waals surface area (Å²) in [4.78, 5) is 25.7. The first-order chi connectivity index (χ1) is 11.9. The predicted molar refractivity (Wildman–Crippen MR) is 97.8 cm³/mol. The Morgan fingerprint density at radius 1 is 1.16 bits per heavy atom. The number of nitrogens with zero attached hydrogens (tertiary/aromatic N) is 2. The Balaban J connectivity index is 1.96. The third kappa shape index (κ3) is 3.14. The van der Waals surface area contributed by atoms with E-state index in [1.807, 2.05) is 36.9 Å². The van der Waals surface area contributed by atoms with Gasteiger partial charge in [-0.2, -0.15) is 0 Å². The number of carbonyl (C=O) groups excluding carboxylic acids is 1. The highest BCUT2D eigenvalue weighted by Gasteiger charge is 2.36. The quantitative estimate of drug-likeness (QED) is 0.616. The van der Waals surface area contributed by atoms with Crippen LogP contribution in [0.15, 0.2) is 48.5 Å². The molecule has 2 unspecified atom stereocenters. The topological polar surface area (TPSA) is 63.5 Å². The van der Waals surface area contributed by atoms with Gasteiger partial charge in [0, 0.05) is 23.9 Å². The van der Waals surface area contributed by atoms with Crippen molar-refractivity contribution in [1.29, 1.82) is 0 Å². The number of rotatable bonds is 4. The molecule has 5 nitrogen and oxygen atoms in total. The summed E-state index contributed by atoms with van der Waals surface area (Å²) in [6.07, 6.45) is 0.854. The fourth-order valence-corrected chi connectivity index (χ4v) is 3.67. The summed E-state index contributed by atoms with van der Waals surface area (Å²) >= 11 is 0. The molecular formula is C20H22N2O3. The van der Waals surface area contributed by atoms with Crippen molar-refractivity contribution in [1.82, 2.24) is 0 Å². The highest BCUT2D eigenvalue weighted by molar-refractivity contribution is 6.00. The Labute approximate surface area is 147 Å². The van der Waals surface area contributed by atoms with E-state index in [9.17, 15) is 14.9 Å². The molecule has 2 aromatic carbocycles. The molecule has 3 rings (SSSR count). The fourth-order valence-electron chi connectivity index (χ4n) is 3.67. The maximum absolute atomic E-state index is 13.4. The van der Waals surface area contributed by atoms with Crippen LogP contribution >= 0.6 is 0 Å². The van der Waals surface area contributed by atoms with E-state index in [0.29, 0.717) is 0 Å². The van der Waals surface area contributed by atoms with Crippen LogP contribution in [0.25, 0.3) is 0 Å². The van der Waals surface area contributed by atoms with Gasteiger partial charge in [0.25, 0.3) is 5.69 Å². The molecule has 5 heteroatoms. The molecule has 0 aromatic heterocycles. The second kappa shape index (κ2) is 6.67. The first-order valence-corrected chi connectivity index (χ1v) is 8.55. The number of hydrogen-bond acceptors (Lipinski definition) is 3. The molecule has 0 spiro atoms. The van der Waals surface area contributed by atoms with Gasteiger partial charge < -0.3 is 4.90 Å². The van der Waals surface area contributed by atoms with Crippen LogP contribution in [-0.2, 0) is 11.2 Å². The average Bonchev–Trinajstić information content (AvgIpc) is 2.90. The lowest BCUT2D eigenvalue weighted by Gasteiger charge is -2.30. The third-order valence-electron chi connectivity index (χ3n) is 4.84. The molecule has 1 amide bonds. The van der Waals surface area contributed by atoms with E-state index in [0.717, 1.165) is 17.7 Å². The van der Waals surface area contributed by atoms with Crippen LogP contribution in [0.3, 0.4) is 0 Å². The van der Waals surface area contributed by atoms with E-state index < -0.39 is 4.92 Å². The van der Waals surface area contributed by atoms with Crippen molar-refractivity contribution in [3.63, 3.8) is 0 Å². The lowest BCUT2D eigenvalue weighted by molar-refractivity contribution is -0.384. The van der Waals surface area contributed by atoms with Gasteiger partial charge in [-0.25, -0.2) is 0 Å². The van der Waals surface area contributed by atoms with Gasteiger partial charge in [0.1, 0.15) is 0 Å². The number of nitro benzene ring substituents is 1. The molecule has 0 radical (unpaired) electrons. The van der Waals surface area contributed by atoms with Gasteiger partial charge in [-0.15, -0.1) is 0 Å². The van der Waals surface area contributed by atoms with E-state index in [1.165, 1.54) is 17.7 Å². The minimum absolute atomic E-state index is 0.0404. The van der Waals surface area contributed by atoms with Crippen LogP contribution in [0.2, 0.25) is 0 Å². The number of non-ortho nitro benzene ring substituents is 1. The van der Waals surface area contributed by atoms with Crippen molar-refractivity contribution < 1.29 is 9.72 Å². The lowest BCUT2D eigenvalue weighted by atomic mass is 9.86. The van der Waals surface area contributed by atoms with E-state index in [2.05, 4.69) is 13.0 Å². The standard InChI is InChI=1S/C20H22N2O3/c1-13(2)19(15-8-10-17(11-9-15)22(24)25)20(23)21-14(3)12-16-6-4-5-7-18(16)21/h4-11,13-14,19H,12H2,1-3H3. The monoisotopic (exact) mass is 338 g/mol. The number of amides is 1. The number of nitro groups is 1. The molecule has 2 aromatic rings. The number of para-hydroxylation sites is 1. The minimum atomic E-state index is -0.422. The Hall–Kier alpha value is -2.69. The summed E-state index contributed by atoms with van der Waals surface area (Å²) < 4.78 is 0. The first-order valence-electron chi connectivity index (χ1n) is 8.55. The van der Waals surface area contributed by atoms with E-state index in [-0.39, 0.29) is 29.5 Å². The van der Waals surface area contributed by atoms with E-state index >= 15 is 0 Å². The Morgan fingerprint density at radius 3 is 2.40 bits per heavy atom. The molecule has 1 heterocycles. The van der Waals surface area contributed by atoms with E-state index in [1.54, 1.807) is 12.1 Å². The second-order valence-corrected chi connectivity index (χ2v) is 6.96. The van der Waals surface area contributed by atoms with Crippen LogP contribution in [0.5, 0.6) is 0 Å². The summed E-state index contributed by atoms with van der Waals surface area (Å²) in [5.41, 5.74) is 3.03. The number of anilines is 1. The lowest BCUT2D eigenvalue weighted by Crippen LogP contribution is -2.40. The normalized spacial score (nSPS) is 17.4. The molecule has 0 fully saturated rings. The molecule has 1 aliphatic heterocycles. The van der Waals surface area contributed by atoms with Crippen LogP contribution in [0.4, 0.5) is 11.4 Å². The maximum atomic E-state index is 13.4. The second-order valence-electron chi connectivity index (χ2n) is 6.96. The highest BCUT2D eigenvalue weighted by Crippen LogP contribution is 2.37. The van der Waals surface area contributed by atoms with Gasteiger partial charge in [-0.1, -0.05) is 44.2 Å². The van der Waals surface area contributed by atoms with Gasteiger partial charge in [0.2, 0.25) is 5.91 Å². The van der Waals surface area contributed by atoms with Crippen molar-refractivity contribution in [3.05, 3.63) is 69.8 Å². The first kappa shape index (κ1) is 17.1. The van der Waals surface area contributed by atoms with Crippen molar-refractivity contribution in [2.24, 2.45) is 5.92 Å². The zero-order valence-corrected chi connectivity index (χ0v) is 14.7. The number of hydrogen-bond donors (Lipinski definition) is 0. The van der Waals surface area contributed by atoms with Gasteiger partial charge >= 0.3 is 0 Å². The smallest absolute Gasteiger partial charge is 0.269 e. The minimum Gasteiger partial charge on any atom is -0.308 e. The highest BCUT2D eigenvalue weighted by atomic mass is 16.6. The van der Waals surface area contributed by atoms with Crippen molar-refractivity contribution in [3.8, 4) is 0 Å². The largest absolute Gasteiger partial charge is 0.308 e. The summed E-state index contributed by atoms with van der Waals surface area (Å²) in [5.74, 6) is -0.176. The van der Waals surface area contributed by atoms with E-state index in [4.69, 9.17) is 0 Å². The van der Waals surface area contributed by atoms with Crippen LogP contribution in [-0.4, -0.2) is 16.9 Å². The molecule has 0 aliphatic carbocycles. The van der Waals surface area contributed by atoms with Crippen molar-refractivity contribution in [2.75, 3.05) is 4.90 Å². The van der Waals surface area contributed by atoms with Gasteiger partial charge in [-0.05, 0) is 36.5 Å². The summed E-state index contributed by atoms with van der Waals surface area (Å²) in [6.45, 7) is 6.08. The molecule has 0 saturated heterocycles. The zero-order chi connectivity index (χ0) is 18.1. The number of benzene rings is 2. The molecule has 130 valence electrons. The maximum Gasteiger partial charge on any atom is 0.269 e. The average molecular weight is 338 g/mol. The summed E-state index contributed by atoms with van der Waals surface area (Å²) in [6, 6.07) is 14.5. The number of carbonyl (C=O) groups is 1. The van der Waals surface area contributed by atoms with Crippen molar-refractivity contribution in [2.45, 2.75) is 39.2 Å². The summed E-state index contributed by atoms with van der Waals surface area (Å²) in [7, 11) is 0. The van der Waals surface area contributed by atoms with Gasteiger partial charge in [0.05, 0.1) is 10.8 Å². The van der Waals surface area contributed by atoms with Crippen LogP contribution in [0, 0.1) is 16.0 Å². The molecular weight excluding hydrogens is 316 g/mol. The predicted octanol–water partition coefficient (Wildman–Crippen LogP) is 4.31. The Bertz CT molecular complexity index is 799. The number of fused-ring (bicyclic) bond motifs is 1. The molecule has 0 N–H and O–H groups in total. The molecule has 25 heavy (non-hydrogen) atoms. The molecule has 1 aliphatic rings. The van der Waals surface area contributed by atoms with Crippen LogP contribution in [0.1, 0.15) is 37.8 Å². The van der Waals surface area contributed by atoms with Crippen LogP contribution < -0.4 is 4.90 Å². The molecule has 0 saturated carbocycles. The van der Waals surface area contributed by atoms with Gasteiger partial charge in [-0.3, -0.25) is 14.9 Å². The molecule has 2 atom stereocenters. The summed E-state index contributed by atoms with van der Waals surface area (Å²) in [5, 5.41) is 10.9. The Kier molecular flexibility index (Phi) is 4.57. The fraction of sp³-hybridized carbons (Fsp3) is 0.350. The SMILES string of the molecule is CC(C)C(C(=O)N1c2ccccc2CC1C)c1ccc([N+](=O)[O-])cc1. The Morgan fingerprint density at radius 2 is 1.80 bits per heavy atom. The van der Waals surface area contributed by atoms with Gasteiger partial charge in [0.15, 0.2) is 0 Å². The van der Waals surface area contributed by atoms with Crippen molar-refractivity contribution >= 4 is 17.3 Å². The molecule has 0 bridgehead atoms. The zero-order valence-electron chi connectivity index (χ0n) is 14.7. The third-order valence-corrected chi connectivity index (χ3v) is 4.84.